The fourth-order valence-corrected chi connectivity index (χ4v) is 4.55. The molecule has 10 nitrogen and oxygen atoms in total. The van der Waals surface area contributed by atoms with Gasteiger partial charge in [0, 0.05) is 12.1 Å². The molecule has 0 radical (unpaired) electrons. The zero-order chi connectivity index (χ0) is 24.8. The Labute approximate surface area is 202 Å². The Morgan fingerprint density at radius 3 is 1.22 bits per heavy atom. The molecule has 0 aliphatic rings. The van der Waals surface area contributed by atoms with Gasteiger partial charge in [-0.1, -0.05) is 24.3 Å². The summed E-state index contributed by atoms with van der Waals surface area (Å²) in [5.41, 5.74) is 4.96. The first-order valence-corrected chi connectivity index (χ1v) is 11.1. The van der Waals surface area contributed by atoms with Crippen LogP contribution >= 0.6 is 0 Å². The fourth-order valence-electron chi connectivity index (χ4n) is 4.55. The molecule has 0 amide bonds. The lowest BCUT2D eigenvalue weighted by molar-refractivity contribution is -0.386. The highest BCUT2D eigenvalue weighted by Gasteiger charge is 2.23. The van der Waals surface area contributed by atoms with Gasteiger partial charge in [-0.15, -0.1) is 0 Å². The van der Waals surface area contributed by atoms with Crippen molar-refractivity contribution in [2.24, 2.45) is 0 Å². The molecule has 4 aromatic carbocycles. The minimum absolute atomic E-state index is 0.105. The third-order valence-corrected chi connectivity index (χ3v) is 6.20. The largest absolute Gasteiger partial charge is 0.274 e. The van der Waals surface area contributed by atoms with Gasteiger partial charge >= 0.3 is 0 Å². The molecule has 0 atom stereocenters. The number of nitro groups is 2. The smallest absolute Gasteiger partial charge is 0.258 e. The van der Waals surface area contributed by atoms with Crippen LogP contribution < -0.4 is 0 Å². The number of aromatic nitrogens is 4. The third-order valence-electron chi connectivity index (χ3n) is 6.20. The summed E-state index contributed by atoms with van der Waals surface area (Å²) in [6.07, 6.45) is 0.268. The summed E-state index contributed by atoms with van der Waals surface area (Å²) in [5, 5.41) is 23.8. The van der Waals surface area contributed by atoms with Crippen LogP contribution in [0.3, 0.4) is 0 Å². The molecule has 174 valence electrons. The van der Waals surface area contributed by atoms with E-state index in [-0.39, 0.29) is 24.2 Å². The van der Waals surface area contributed by atoms with Crippen LogP contribution in [-0.2, 0) is 12.8 Å². The molecular formula is C26H16N6O4. The SMILES string of the molecule is O=[N+]([O-])c1ccc2nc3ccccc3nc2c1CCc1c([N+](=O)[O-])ccc2nc3ccccc3nc12. The van der Waals surface area contributed by atoms with Crippen molar-refractivity contribution < 1.29 is 9.85 Å². The summed E-state index contributed by atoms with van der Waals surface area (Å²) in [6, 6.07) is 20.5. The van der Waals surface area contributed by atoms with Crippen LogP contribution in [0, 0.1) is 20.2 Å². The van der Waals surface area contributed by atoms with Crippen LogP contribution in [-0.4, -0.2) is 29.8 Å². The Hall–Kier alpha value is -5.12. The van der Waals surface area contributed by atoms with Gasteiger partial charge in [-0.2, -0.15) is 0 Å². The van der Waals surface area contributed by atoms with Gasteiger partial charge in [-0.3, -0.25) is 20.2 Å². The van der Waals surface area contributed by atoms with E-state index in [4.69, 9.17) is 0 Å². The minimum atomic E-state index is -0.462. The molecule has 0 fully saturated rings. The maximum Gasteiger partial charge on any atom is 0.274 e. The Morgan fingerprint density at radius 2 is 0.861 bits per heavy atom. The number of hydrogen-bond donors (Lipinski definition) is 0. The van der Waals surface area contributed by atoms with Gasteiger partial charge in [0.1, 0.15) is 0 Å². The van der Waals surface area contributed by atoms with Crippen LogP contribution in [0.25, 0.3) is 44.1 Å². The number of nitrogens with zero attached hydrogens (tertiary/aromatic N) is 6. The number of benzene rings is 4. The molecule has 36 heavy (non-hydrogen) atoms. The first-order chi connectivity index (χ1) is 17.5. The summed E-state index contributed by atoms with van der Waals surface area (Å²) < 4.78 is 0. The van der Waals surface area contributed by atoms with Crippen LogP contribution in [0.5, 0.6) is 0 Å². The van der Waals surface area contributed by atoms with Crippen molar-refractivity contribution >= 4 is 55.5 Å². The molecule has 0 saturated carbocycles. The van der Waals surface area contributed by atoms with E-state index in [0.717, 1.165) is 0 Å². The highest BCUT2D eigenvalue weighted by Crippen LogP contribution is 2.32. The number of fused-ring (bicyclic) bond motifs is 4. The number of rotatable bonds is 5. The van der Waals surface area contributed by atoms with Crippen molar-refractivity contribution in [2.75, 3.05) is 0 Å². The second-order valence-corrected chi connectivity index (χ2v) is 8.30. The normalized spacial score (nSPS) is 11.4. The lowest BCUT2D eigenvalue weighted by Gasteiger charge is -2.10. The van der Waals surface area contributed by atoms with E-state index in [2.05, 4.69) is 19.9 Å². The van der Waals surface area contributed by atoms with E-state index in [9.17, 15) is 20.2 Å². The average molecular weight is 476 g/mol. The maximum absolute atomic E-state index is 11.9. The number of nitro benzene ring substituents is 2. The van der Waals surface area contributed by atoms with Gasteiger partial charge in [0.25, 0.3) is 11.4 Å². The van der Waals surface area contributed by atoms with E-state index in [1.165, 1.54) is 12.1 Å². The Bertz CT molecular complexity index is 1730. The highest BCUT2D eigenvalue weighted by molar-refractivity contribution is 5.91. The van der Waals surface area contributed by atoms with Gasteiger partial charge in [-0.05, 0) is 49.2 Å². The second kappa shape index (κ2) is 8.27. The van der Waals surface area contributed by atoms with E-state index in [1.54, 1.807) is 24.3 Å². The van der Waals surface area contributed by atoms with Gasteiger partial charge in [0.05, 0.1) is 65.1 Å². The highest BCUT2D eigenvalue weighted by atomic mass is 16.6. The molecule has 0 spiro atoms. The van der Waals surface area contributed by atoms with Crippen molar-refractivity contribution in [1.29, 1.82) is 0 Å². The van der Waals surface area contributed by atoms with Gasteiger partial charge in [-0.25, -0.2) is 19.9 Å². The molecule has 2 aromatic heterocycles. The first-order valence-electron chi connectivity index (χ1n) is 11.1. The summed E-state index contributed by atoms with van der Waals surface area (Å²) in [5.74, 6) is 0. The molecule has 0 aliphatic heterocycles. The van der Waals surface area contributed by atoms with Crippen LogP contribution in [0.15, 0.2) is 72.8 Å². The lowest BCUT2D eigenvalue weighted by atomic mass is 9.98. The Morgan fingerprint density at radius 1 is 0.500 bits per heavy atom. The Kier molecular flexibility index (Phi) is 4.92. The zero-order valence-electron chi connectivity index (χ0n) is 18.7. The molecule has 0 unspecified atom stereocenters. The second-order valence-electron chi connectivity index (χ2n) is 8.30. The predicted molar refractivity (Wildman–Crippen MR) is 135 cm³/mol. The van der Waals surface area contributed by atoms with Crippen molar-refractivity contribution in [1.82, 2.24) is 19.9 Å². The van der Waals surface area contributed by atoms with Gasteiger partial charge in [0.15, 0.2) is 0 Å². The van der Waals surface area contributed by atoms with Crippen molar-refractivity contribution in [3.63, 3.8) is 0 Å². The van der Waals surface area contributed by atoms with Gasteiger partial charge in [0.2, 0.25) is 0 Å². The molecule has 0 saturated heterocycles. The maximum atomic E-state index is 11.9. The quantitative estimate of drug-likeness (QED) is 0.181. The van der Waals surface area contributed by atoms with E-state index in [1.807, 2.05) is 36.4 Å². The Balaban J connectivity index is 1.54. The molecule has 0 bridgehead atoms. The topological polar surface area (TPSA) is 138 Å². The minimum Gasteiger partial charge on any atom is -0.258 e. The summed E-state index contributed by atoms with van der Waals surface area (Å²) >= 11 is 0. The molecule has 6 aromatic rings. The van der Waals surface area contributed by atoms with E-state index in [0.29, 0.717) is 55.3 Å². The number of hydrogen-bond acceptors (Lipinski definition) is 8. The molecule has 0 N–H and O–H groups in total. The molecule has 6 rings (SSSR count). The van der Waals surface area contributed by atoms with Gasteiger partial charge < -0.3 is 0 Å². The van der Waals surface area contributed by atoms with Crippen molar-refractivity contribution in [2.45, 2.75) is 12.8 Å². The average Bonchev–Trinajstić information content (AvgIpc) is 2.88. The van der Waals surface area contributed by atoms with Crippen LogP contribution in [0.2, 0.25) is 0 Å². The van der Waals surface area contributed by atoms with Crippen LogP contribution in [0.1, 0.15) is 11.1 Å². The third kappa shape index (κ3) is 3.52. The molecule has 10 heteroatoms. The lowest BCUT2D eigenvalue weighted by Crippen LogP contribution is -2.05. The molecule has 0 aliphatic carbocycles. The number of aryl methyl sites for hydroxylation is 2. The van der Waals surface area contributed by atoms with E-state index >= 15 is 0 Å². The zero-order valence-corrected chi connectivity index (χ0v) is 18.7. The summed E-state index contributed by atoms with van der Waals surface area (Å²) in [4.78, 5) is 41.4. The summed E-state index contributed by atoms with van der Waals surface area (Å²) in [7, 11) is 0. The van der Waals surface area contributed by atoms with Crippen LogP contribution in [0.4, 0.5) is 11.4 Å². The van der Waals surface area contributed by atoms with Crippen molar-refractivity contribution in [3.05, 3.63) is 104 Å². The standard InChI is InChI=1S/C26H16N6O4/c33-31(34)23-13-11-21-25(29-19-7-3-1-5-17(19)27-21)15(23)9-10-16-24(32(35)36)14-12-22-26(16)30-20-8-4-2-6-18(20)28-22/h1-8,11-14H,9-10H2. The monoisotopic (exact) mass is 476 g/mol. The molecule has 2 heterocycles. The van der Waals surface area contributed by atoms with Crippen molar-refractivity contribution in [3.8, 4) is 0 Å². The van der Waals surface area contributed by atoms with E-state index < -0.39 is 9.85 Å². The predicted octanol–water partition coefficient (Wildman–Crippen LogP) is 5.48. The first kappa shape index (κ1) is 21.4. The summed E-state index contributed by atoms with van der Waals surface area (Å²) in [6.45, 7) is 0. The molecular weight excluding hydrogens is 460 g/mol. The number of para-hydroxylation sites is 4. The fraction of sp³-hybridized carbons (Fsp3) is 0.0769.